The zero-order valence-corrected chi connectivity index (χ0v) is 35.6. The van der Waals surface area contributed by atoms with E-state index in [1.165, 1.54) is 0 Å². The van der Waals surface area contributed by atoms with Crippen molar-refractivity contribution in [2.45, 2.75) is 165 Å². The minimum atomic E-state index is -1.42. The summed E-state index contributed by atoms with van der Waals surface area (Å²) in [5.74, 6) is -1.06. The molecule has 13 unspecified atom stereocenters. The van der Waals surface area contributed by atoms with Gasteiger partial charge in [-0.25, -0.2) is 4.79 Å². The molecule has 330 valence electrons. The van der Waals surface area contributed by atoms with Crippen LogP contribution in [0.5, 0.6) is 0 Å². The molecule has 6 heterocycles. The van der Waals surface area contributed by atoms with Gasteiger partial charge in [0.1, 0.15) is 30.2 Å². The van der Waals surface area contributed by atoms with Crippen molar-refractivity contribution < 1.29 is 53.1 Å². The molecule has 3 spiro atoms. The lowest BCUT2D eigenvalue weighted by molar-refractivity contribution is -0.282. The molecule has 5 aliphatic carbocycles. The summed E-state index contributed by atoms with van der Waals surface area (Å²) >= 11 is 0. The van der Waals surface area contributed by atoms with E-state index < -0.39 is 75.3 Å². The number of hydrogen-bond donors (Lipinski definition) is 5. The van der Waals surface area contributed by atoms with Crippen LogP contribution in [0.25, 0.3) is 0 Å². The molecule has 0 aromatic carbocycles. The highest BCUT2D eigenvalue weighted by atomic mass is 16.7. The van der Waals surface area contributed by atoms with E-state index in [1.54, 1.807) is 6.26 Å². The molecule has 0 amide bonds. The van der Waals surface area contributed by atoms with Gasteiger partial charge in [0.2, 0.25) is 0 Å². The average Bonchev–Trinajstić information content (AvgIpc) is 3.94. The van der Waals surface area contributed by atoms with E-state index in [1.807, 2.05) is 19.9 Å². The first-order valence-electron chi connectivity index (χ1n) is 23.6. The molecule has 13 atom stereocenters. The quantitative estimate of drug-likeness (QED) is 0.185. The molecule has 13 heteroatoms. The smallest absolute Gasteiger partial charge is 0.339 e. The Balaban J connectivity index is 0.996. The number of esters is 2. The molecule has 1 aromatic rings. The zero-order chi connectivity index (χ0) is 41.6. The van der Waals surface area contributed by atoms with Crippen LogP contribution >= 0.6 is 0 Å². The maximum Gasteiger partial charge on any atom is 0.339 e. The third-order valence-corrected chi connectivity index (χ3v) is 19.4. The summed E-state index contributed by atoms with van der Waals surface area (Å²) in [6.45, 7) is 7.52. The third-order valence-electron chi connectivity index (χ3n) is 19.4. The summed E-state index contributed by atoms with van der Waals surface area (Å²) in [5.41, 5.74) is -5.28. The Morgan fingerprint density at radius 2 is 1.67 bits per heavy atom. The predicted octanol–water partition coefficient (Wildman–Crippen LogP) is 4.29. The Morgan fingerprint density at radius 3 is 2.37 bits per heavy atom. The van der Waals surface area contributed by atoms with Gasteiger partial charge in [-0.2, -0.15) is 0 Å². The summed E-state index contributed by atoms with van der Waals surface area (Å²) in [6, 6.07) is 2.33. The number of carbonyl (C=O) groups is 3. The van der Waals surface area contributed by atoms with Crippen LogP contribution in [0.2, 0.25) is 0 Å². The molecule has 0 radical (unpaired) electrons. The second-order valence-corrected chi connectivity index (χ2v) is 21.9. The number of Topliss-reactive ketones (excluding diaryl/α,β-unsaturated/α-hetero) is 1. The van der Waals surface area contributed by atoms with Gasteiger partial charge in [-0.1, -0.05) is 32.6 Å². The predicted molar refractivity (Wildman–Crippen MR) is 214 cm³/mol. The number of aliphatic hydroxyl groups is 3. The average molecular weight is 835 g/mol. The van der Waals surface area contributed by atoms with Crippen molar-refractivity contribution in [3.8, 4) is 0 Å². The van der Waals surface area contributed by atoms with E-state index in [9.17, 15) is 24.9 Å². The summed E-state index contributed by atoms with van der Waals surface area (Å²) in [5, 5.41) is 41.9. The number of cyclic esters (lactones) is 2. The van der Waals surface area contributed by atoms with Gasteiger partial charge in [0.25, 0.3) is 0 Å². The highest BCUT2D eigenvalue weighted by Gasteiger charge is 2.93. The minimum absolute atomic E-state index is 0.0473. The number of furan rings is 1. The number of fused-ring (bicyclic) bond motifs is 2. The molecule has 1 aromatic heterocycles. The molecule has 10 fully saturated rings. The van der Waals surface area contributed by atoms with E-state index in [2.05, 4.69) is 17.6 Å². The largest absolute Gasteiger partial charge is 0.469 e. The molecule has 11 rings (SSSR count). The zero-order valence-electron chi connectivity index (χ0n) is 35.6. The van der Waals surface area contributed by atoms with Crippen LogP contribution in [0.15, 0.2) is 16.7 Å². The molecule has 5 saturated carbocycles. The molecule has 10 aliphatic rings. The van der Waals surface area contributed by atoms with E-state index in [-0.39, 0.29) is 48.6 Å². The summed E-state index contributed by atoms with van der Waals surface area (Å²) in [4.78, 5) is 44.1. The van der Waals surface area contributed by atoms with Crippen molar-refractivity contribution >= 4 is 17.7 Å². The second kappa shape index (κ2) is 13.8. The summed E-state index contributed by atoms with van der Waals surface area (Å²) < 4.78 is 33.3. The first-order valence-corrected chi connectivity index (χ1v) is 23.6. The van der Waals surface area contributed by atoms with Crippen molar-refractivity contribution in [2.24, 2.45) is 57.2 Å². The standard InChI is InChI=1S/C47H66N2O11/c1-42(2)35-34(52)36(53)46(27-8-4-5-9-27)33(45(35)23-57-41(55)44(40(45)60-42)16-6-7-17-44)14-18-43(3)37(58-39(54)38-47(43,46)59-38)28-15-19-56-32(28)20-29(31(51)22-50)25-10-12-26(13-11-25)30-21-48-24-49-30/h15,19,25-27,29-31,33,35-38,40,48-51,53H,4-14,16-18,20-24H2,1-3H3. The Labute approximate surface area is 352 Å². The lowest BCUT2D eigenvalue weighted by Crippen LogP contribution is -2.79. The molecular weight excluding hydrogens is 769 g/mol. The van der Waals surface area contributed by atoms with Crippen LogP contribution in [0.3, 0.4) is 0 Å². The fourth-order valence-electron chi connectivity index (χ4n) is 17.1. The fraction of sp³-hybridized carbons (Fsp3) is 0.851. The summed E-state index contributed by atoms with van der Waals surface area (Å²) in [6.07, 6.45) is 8.97. The van der Waals surface area contributed by atoms with E-state index in [0.29, 0.717) is 49.8 Å². The minimum Gasteiger partial charge on any atom is -0.469 e. The highest BCUT2D eigenvalue weighted by Crippen LogP contribution is 2.83. The topological polar surface area (TPSA) is 189 Å². The van der Waals surface area contributed by atoms with Gasteiger partial charge in [-0.05, 0) is 114 Å². The number of ether oxygens (including phenoxy) is 4. The van der Waals surface area contributed by atoms with Gasteiger partial charge in [-0.15, -0.1) is 0 Å². The second-order valence-electron chi connectivity index (χ2n) is 21.9. The first kappa shape index (κ1) is 40.4. The third kappa shape index (κ3) is 4.97. The number of hydrogen-bond acceptors (Lipinski definition) is 13. The number of carbonyl (C=O) groups excluding carboxylic acids is 3. The normalized spacial score (nSPS) is 47.4. The Bertz CT molecular complexity index is 1890. The Kier molecular flexibility index (Phi) is 9.29. The van der Waals surface area contributed by atoms with Gasteiger partial charge < -0.3 is 49.3 Å². The molecular formula is C47H66N2O11. The van der Waals surface area contributed by atoms with Crippen LogP contribution in [0.4, 0.5) is 0 Å². The number of rotatable bonds is 8. The van der Waals surface area contributed by atoms with Gasteiger partial charge in [0.05, 0.1) is 42.0 Å². The van der Waals surface area contributed by atoms with Crippen molar-refractivity contribution in [1.29, 1.82) is 0 Å². The van der Waals surface area contributed by atoms with Crippen LogP contribution in [-0.4, -0.2) is 101 Å². The first-order chi connectivity index (χ1) is 28.8. The van der Waals surface area contributed by atoms with Crippen molar-refractivity contribution in [3.63, 3.8) is 0 Å². The van der Waals surface area contributed by atoms with Crippen molar-refractivity contribution in [3.05, 3.63) is 23.7 Å². The monoisotopic (exact) mass is 834 g/mol. The number of aliphatic hydroxyl groups excluding tert-OH is 3. The van der Waals surface area contributed by atoms with Gasteiger partial charge in [0.15, 0.2) is 11.9 Å². The fourth-order valence-corrected chi connectivity index (χ4v) is 17.1. The maximum atomic E-state index is 15.5. The molecule has 5 saturated heterocycles. The van der Waals surface area contributed by atoms with E-state index in [4.69, 9.17) is 23.4 Å². The van der Waals surface area contributed by atoms with Crippen LogP contribution in [-0.2, 0) is 39.8 Å². The van der Waals surface area contributed by atoms with Crippen molar-refractivity contribution in [2.75, 3.05) is 26.4 Å². The SMILES string of the molecule is CC1(C)OC2C3(CCCC3)C(=O)OCC23C1C(=O)C(O)C1(C2CCCC2)C3CCC2(C)C(c3ccoc3CC(C(O)CO)C3CCC(C4CNCN4)CC3)OC(=O)C3OC321. The maximum absolute atomic E-state index is 15.5. The van der Waals surface area contributed by atoms with Crippen LogP contribution < -0.4 is 10.6 Å². The van der Waals surface area contributed by atoms with Crippen LogP contribution in [0.1, 0.15) is 128 Å². The molecule has 0 bridgehead atoms. The summed E-state index contributed by atoms with van der Waals surface area (Å²) in [7, 11) is 0. The highest BCUT2D eigenvalue weighted by molar-refractivity contribution is 5.92. The van der Waals surface area contributed by atoms with E-state index >= 15 is 4.79 Å². The van der Waals surface area contributed by atoms with Crippen LogP contribution in [0, 0.1) is 57.2 Å². The van der Waals surface area contributed by atoms with Gasteiger partial charge in [-0.3, -0.25) is 9.59 Å². The number of nitrogens with one attached hydrogen (secondary N) is 2. The molecule has 5 N–H and O–H groups in total. The lowest BCUT2D eigenvalue weighted by Gasteiger charge is -2.70. The molecule has 13 nitrogen and oxygen atoms in total. The van der Waals surface area contributed by atoms with Gasteiger partial charge in [0, 0.05) is 47.5 Å². The van der Waals surface area contributed by atoms with Gasteiger partial charge >= 0.3 is 11.9 Å². The molecule has 60 heavy (non-hydrogen) atoms. The Hall–Kier alpha value is -2.39. The Morgan fingerprint density at radius 1 is 0.917 bits per heavy atom. The number of ketones is 1. The molecule has 5 aliphatic heterocycles. The van der Waals surface area contributed by atoms with Crippen molar-refractivity contribution in [1.82, 2.24) is 10.6 Å². The lowest BCUT2D eigenvalue weighted by atomic mass is 9.32. The number of epoxide rings is 1. The van der Waals surface area contributed by atoms with E-state index in [0.717, 1.165) is 83.0 Å².